The van der Waals surface area contributed by atoms with Crippen LogP contribution in [0.4, 0.5) is 0 Å². The van der Waals surface area contributed by atoms with Gasteiger partial charge in [0.2, 0.25) is 0 Å². The molecule has 0 spiro atoms. The van der Waals surface area contributed by atoms with Crippen LogP contribution in [0, 0.1) is 6.92 Å². The van der Waals surface area contributed by atoms with E-state index in [0.717, 1.165) is 19.4 Å². The minimum absolute atomic E-state index is 0.540. The van der Waals surface area contributed by atoms with Crippen LogP contribution in [-0.2, 0) is 12.8 Å². The minimum Gasteiger partial charge on any atom is -0.309 e. The van der Waals surface area contributed by atoms with Crippen LogP contribution < -0.4 is 5.32 Å². The molecular weight excluding hydrogens is 276 g/mol. The van der Waals surface area contributed by atoms with Crippen molar-refractivity contribution in [3.8, 4) is 0 Å². The van der Waals surface area contributed by atoms with E-state index in [-0.39, 0.29) is 0 Å². The van der Waals surface area contributed by atoms with Crippen molar-refractivity contribution in [3.05, 3.63) is 51.0 Å². The molecule has 1 aromatic heterocycles. The number of aromatic nitrogens is 1. The second-order valence-corrected chi connectivity index (χ2v) is 7.10. The summed E-state index contributed by atoms with van der Waals surface area (Å²) in [4.78, 5) is 6.40. The Hall–Kier alpha value is -1.19. The molecule has 1 aliphatic carbocycles. The van der Waals surface area contributed by atoms with Gasteiger partial charge in [0.1, 0.15) is 0 Å². The maximum atomic E-state index is 4.91. The lowest BCUT2D eigenvalue weighted by molar-refractivity contribution is 0.464. The normalized spacial score (nSPS) is 17.7. The summed E-state index contributed by atoms with van der Waals surface area (Å²) >= 11 is 1.92. The number of fused-ring (bicyclic) bond motifs is 1. The summed E-state index contributed by atoms with van der Waals surface area (Å²) in [6, 6.07) is 9.37. The molecule has 1 aliphatic rings. The Morgan fingerprint density at radius 1 is 1.29 bits per heavy atom. The van der Waals surface area contributed by atoms with Gasteiger partial charge in [-0.15, -0.1) is 11.3 Å². The van der Waals surface area contributed by atoms with Gasteiger partial charge < -0.3 is 5.32 Å². The van der Waals surface area contributed by atoms with E-state index in [1.165, 1.54) is 46.0 Å². The standard InChI is InChI=1S/C18H24N2S/c1-3-11-19-15-5-4-6-16-18(15)21-17(20-16)12-14-9-7-13(2)8-10-14/h7-10,15,19H,3-6,11-12H2,1-2H3. The Morgan fingerprint density at radius 2 is 2.10 bits per heavy atom. The first-order chi connectivity index (χ1) is 10.3. The quantitative estimate of drug-likeness (QED) is 0.884. The second kappa shape index (κ2) is 6.71. The Morgan fingerprint density at radius 3 is 2.86 bits per heavy atom. The zero-order chi connectivity index (χ0) is 14.7. The maximum Gasteiger partial charge on any atom is 0.0975 e. The number of hydrogen-bond donors (Lipinski definition) is 1. The Bertz CT molecular complexity index is 586. The first-order valence-corrected chi connectivity index (χ1v) is 8.85. The molecule has 0 bridgehead atoms. The molecule has 1 heterocycles. The average Bonchev–Trinajstić information content (AvgIpc) is 2.90. The number of aryl methyl sites for hydroxylation is 2. The summed E-state index contributed by atoms with van der Waals surface area (Å²) in [5.41, 5.74) is 4.03. The lowest BCUT2D eigenvalue weighted by atomic mass is 9.98. The van der Waals surface area contributed by atoms with E-state index in [0.29, 0.717) is 6.04 Å². The summed E-state index contributed by atoms with van der Waals surface area (Å²) in [6.07, 6.45) is 5.85. The van der Waals surface area contributed by atoms with Crippen molar-refractivity contribution >= 4 is 11.3 Å². The molecule has 112 valence electrons. The predicted molar refractivity (Wildman–Crippen MR) is 90.1 cm³/mol. The maximum absolute atomic E-state index is 4.91. The molecule has 3 heteroatoms. The fraction of sp³-hybridized carbons (Fsp3) is 0.500. The third kappa shape index (κ3) is 3.53. The van der Waals surface area contributed by atoms with Crippen LogP contribution in [0.15, 0.2) is 24.3 Å². The smallest absolute Gasteiger partial charge is 0.0975 e. The molecule has 3 rings (SSSR count). The van der Waals surface area contributed by atoms with Gasteiger partial charge in [0.25, 0.3) is 0 Å². The monoisotopic (exact) mass is 300 g/mol. The molecule has 1 unspecified atom stereocenters. The number of hydrogen-bond acceptors (Lipinski definition) is 3. The molecule has 0 saturated carbocycles. The van der Waals surface area contributed by atoms with Crippen LogP contribution in [0.2, 0.25) is 0 Å². The summed E-state index contributed by atoms with van der Waals surface area (Å²) in [5.74, 6) is 0. The van der Waals surface area contributed by atoms with E-state index in [2.05, 4.69) is 43.4 Å². The van der Waals surface area contributed by atoms with Crippen LogP contribution in [0.25, 0.3) is 0 Å². The molecule has 0 saturated heterocycles. The third-order valence-corrected chi connectivity index (χ3v) is 5.32. The zero-order valence-electron chi connectivity index (χ0n) is 13.0. The number of nitrogens with one attached hydrogen (secondary N) is 1. The minimum atomic E-state index is 0.540. The molecule has 0 fully saturated rings. The van der Waals surface area contributed by atoms with Gasteiger partial charge in [-0.1, -0.05) is 36.8 Å². The summed E-state index contributed by atoms with van der Waals surface area (Å²) < 4.78 is 0. The van der Waals surface area contributed by atoms with Gasteiger partial charge in [0.05, 0.1) is 10.7 Å². The highest BCUT2D eigenvalue weighted by Gasteiger charge is 2.23. The van der Waals surface area contributed by atoms with E-state index in [9.17, 15) is 0 Å². The van der Waals surface area contributed by atoms with E-state index >= 15 is 0 Å². The second-order valence-electron chi connectivity index (χ2n) is 5.98. The van der Waals surface area contributed by atoms with E-state index in [1.807, 2.05) is 11.3 Å². The van der Waals surface area contributed by atoms with Crippen LogP contribution in [0.1, 0.15) is 58.9 Å². The van der Waals surface area contributed by atoms with Crippen LogP contribution in [0.3, 0.4) is 0 Å². The van der Waals surface area contributed by atoms with Crippen molar-refractivity contribution < 1.29 is 0 Å². The molecule has 1 aromatic carbocycles. The lowest BCUT2D eigenvalue weighted by Gasteiger charge is -2.22. The van der Waals surface area contributed by atoms with Crippen LogP contribution >= 0.6 is 11.3 Å². The molecule has 1 N–H and O–H groups in total. The van der Waals surface area contributed by atoms with E-state index in [1.54, 1.807) is 0 Å². The topological polar surface area (TPSA) is 24.9 Å². The number of thiazole rings is 1. The zero-order valence-corrected chi connectivity index (χ0v) is 13.8. The molecule has 1 atom stereocenters. The predicted octanol–water partition coefficient (Wildman–Crippen LogP) is 4.42. The van der Waals surface area contributed by atoms with E-state index < -0.39 is 0 Å². The van der Waals surface area contributed by atoms with Gasteiger partial charge in [-0.25, -0.2) is 4.98 Å². The average molecular weight is 300 g/mol. The van der Waals surface area contributed by atoms with Crippen molar-refractivity contribution in [1.29, 1.82) is 0 Å². The van der Waals surface area contributed by atoms with Gasteiger partial charge in [-0.05, 0) is 44.7 Å². The summed E-state index contributed by atoms with van der Waals surface area (Å²) in [7, 11) is 0. The van der Waals surface area contributed by atoms with E-state index in [4.69, 9.17) is 4.98 Å². The lowest BCUT2D eigenvalue weighted by Crippen LogP contribution is -2.24. The van der Waals surface area contributed by atoms with Gasteiger partial charge in [-0.3, -0.25) is 0 Å². The van der Waals surface area contributed by atoms with Crippen molar-refractivity contribution in [2.24, 2.45) is 0 Å². The SMILES string of the molecule is CCCNC1CCCc2nc(Cc3ccc(C)cc3)sc21. The largest absolute Gasteiger partial charge is 0.309 e. The molecule has 0 aliphatic heterocycles. The highest BCUT2D eigenvalue weighted by Crippen LogP contribution is 2.34. The molecule has 0 amide bonds. The van der Waals surface area contributed by atoms with Gasteiger partial charge in [-0.2, -0.15) is 0 Å². The molecule has 0 radical (unpaired) electrons. The highest BCUT2D eigenvalue weighted by atomic mass is 32.1. The first kappa shape index (κ1) is 14.7. The fourth-order valence-electron chi connectivity index (χ4n) is 2.94. The van der Waals surface area contributed by atoms with Crippen molar-refractivity contribution in [1.82, 2.24) is 10.3 Å². The van der Waals surface area contributed by atoms with Crippen LogP contribution in [0.5, 0.6) is 0 Å². The Balaban J connectivity index is 1.76. The summed E-state index contributed by atoms with van der Waals surface area (Å²) in [5, 5.41) is 4.95. The highest BCUT2D eigenvalue weighted by molar-refractivity contribution is 7.11. The Kier molecular flexibility index (Phi) is 4.71. The molecular formula is C18H24N2S. The molecule has 21 heavy (non-hydrogen) atoms. The Labute approximate surface area is 131 Å². The van der Waals surface area contributed by atoms with Crippen molar-refractivity contribution in [2.75, 3.05) is 6.54 Å². The fourth-order valence-corrected chi connectivity index (χ4v) is 4.20. The molecule has 2 nitrogen and oxygen atoms in total. The summed E-state index contributed by atoms with van der Waals surface area (Å²) in [6.45, 7) is 5.47. The van der Waals surface area contributed by atoms with Crippen molar-refractivity contribution in [3.63, 3.8) is 0 Å². The number of benzene rings is 1. The van der Waals surface area contributed by atoms with Crippen molar-refractivity contribution in [2.45, 2.75) is 52.0 Å². The van der Waals surface area contributed by atoms with Crippen LogP contribution in [-0.4, -0.2) is 11.5 Å². The van der Waals surface area contributed by atoms with Gasteiger partial charge >= 0.3 is 0 Å². The number of rotatable bonds is 5. The number of nitrogens with zero attached hydrogens (tertiary/aromatic N) is 1. The first-order valence-electron chi connectivity index (χ1n) is 8.03. The molecule has 2 aromatic rings. The van der Waals surface area contributed by atoms with Gasteiger partial charge in [0, 0.05) is 17.3 Å². The third-order valence-electron chi connectivity index (χ3n) is 4.11. The van der Waals surface area contributed by atoms with Gasteiger partial charge in [0.15, 0.2) is 0 Å².